The molecule has 1 aliphatic rings. The van der Waals surface area contributed by atoms with Gasteiger partial charge in [-0.1, -0.05) is 49.0 Å². The molecule has 1 atom stereocenters. The molecule has 2 aromatic rings. The van der Waals surface area contributed by atoms with Crippen molar-refractivity contribution in [3.05, 3.63) is 58.7 Å². The second kappa shape index (κ2) is 9.47. The minimum atomic E-state index is -0.454. The maximum Gasteiger partial charge on any atom is 0.242 e. The van der Waals surface area contributed by atoms with E-state index in [4.69, 9.17) is 4.99 Å². The zero-order valence-electron chi connectivity index (χ0n) is 18.3. The maximum absolute atomic E-state index is 13.0. The van der Waals surface area contributed by atoms with Crippen molar-refractivity contribution in [3.63, 3.8) is 0 Å². The first-order chi connectivity index (χ1) is 14.3. The second-order valence-corrected chi connectivity index (χ2v) is 8.90. The number of para-hydroxylation sites is 1. The molecule has 1 heterocycles. The number of carbonyl (C=O) groups excluding carboxylic acids is 2. The molecule has 2 amide bonds. The number of nitrogens with one attached hydrogen (secondary N) is 1. The number of hydrogen-bond acceptors (Lipinski definition) is 4. The maximum atomic E-state index is 13.0. The lowest BCUT2D eigenvalue weighted by Crippen LogP contribution is -2.34. The highest BCUT2D eigenvalue weighted by Crippen LogP contribution is 2.33. The Morgan fingerprint density at radius 2 is 1.70 bits per heavy atom. The summed E-state index contributed by atoms with van der Waals surface area (Å²) < 4.78 is 0. The number of aliphatic imine (C=N–C) groups is 1. The number of benzene rings is 2. The summed E-state index contributed by atoms with van der Waals surface area (Å²) in [7, 11) is 0. The van der Waals surface area contributed by atoms with Crippen molar-refractivity contribution in [1.29, 1.82) is 0 Å². The van der Waals surface area contributed by atoms with Crippen molar-refractivity contribution >= 4 is 40.1 Å². The van der Waals surface area contributed by atoms with Crippen LogP contribution in [0, 0.1) is 27.7 Å². The van der Waals surface area contributed by atoms with Crippen molar-refractivity contribution in [1.82, 2.24) is 4.90 Å². The molecule has 1 saturated heterocycles. The minimum Gasteiger partial charge on any atom is -0.326 e. The van der Waals surface area contributed by atoms with Crippen LogP contribution >= 0.6 is 11.8 Å². The Balaban J connectivity index is 1.79. The van der Waals surface area contributed by atoms with E-state index in [0.29, 0.717) is 11.7 Å². The Morgan fingerprint density at radius 3 is 2.37 bits per heavy atom. The molecule has 1 aliphatic heterocycles. The Bertz CT molecular complexity index is 980. The third kappa shape index (κ3) is 4.75. The normalized spacial score (nSPS) is 17.6. The molecular formula is C24H29N3O2S. The summed E-state index contributed by atoms with van der Waals surface area (Å²) in [5.74, 6) is -0.190. The summed E-state index contributed by atoms with van der Waals surface area (Å²) >= 11 is 1.39. The highest BCUT2D eigenvalue weighted by atomic mass is 32.2. The number of nitrogens with zero attached hydrogens (tertiary/aromatic N) is 2. The quantitative estimate of drug-likeness (QED) is 0.687. The lowest BCUT2D eigenvalue weighted by molar-refractivity contribution is -0.128. The van der Waals surface area contributed by atoms with E-state index >= 15 is 0 Å². The van der Waals surface area contributed by atoms with E-state index in [1.54, 1.807) is 4.90 Å². The smallest absolute Gasteiger partial charge is 0.242 e. The average molecular weight is 424 g/mol. The van der Waals surface area contributed by atoms with Gasteiger partial charge in [0, 0.05) is 18.7 Å². The molecule has 1 N–H and O–H groups in total. The molecular weight excluding hydrogens is 394 g/mol. The predicted molar refractivity (Wildman–Crippen MR) is 126 cm³/mol. The summed E-state index contributed by atoms with van der Waals surface area (Å²) in [6.45, 7) is 10.7. The number of hydrogen-bond donors (Lipinski definition) is 1. The van der Waals surface area contributed by atoms with Crippen molar-refractivity contribution in [2.75, 3.05) is 11.9 Å². The van der Waals surface area contributed by atoms with Gasteiger partial charge in [-0.25, -0.2) is 4.99 Å². The second-order valence-electron chi connectivity index (χ2n) is 7.73. The van der Waals surface area contributed by atoms with Crippen LogP contribution in [0.25, 0.3) is 0 Å². The van der Waals surface area contributed by atoms with E-state index in [1.807, 2.05) is 58.0 Å². The summed E-state index contributed by atoms with van der Waals surface area (Å²) in [5, 5.41) is 3.22. The van der Waals surface area contributed by atoms with Crippen LogP contribution in [-0.2, 0) is 9.59 Å². The van der Waals surface area contributed by atoms with Crippen molar-refractivity contribution in [2.24, 2.45) is 4.99 Å². The van der Waals surface area contributed by atoms with Crippen LogP contribution in [0.2, 0.25) is 0 Å². The number of aryl methyl sites for hydroxylation is 3. The molecule has 0 aliphatic carbocycles. The van der Waals surface area contributed by atoms with Crippen LogP contribution in [0.5, 0.6) is 0 Å². The largest absolute Gasteiger partial charge is 0.326 e. The molecule has 2 aromatic carbocycles. The SMILES string of the molecule is CCCN1C(=O)[C@@H](CC(=O)Nc2c(C)cccc2C)SC1=Nc1cccc(C)c1C. The fourth-order valence-electron chi connectivity index (χ4n) is 3.48. The molecule has 0 saturated carbocycles. The summed E-state index contributed by atoms with van der Waals surface area (Å²) in [5.41, 5.74) is 5.99. The first-order valence-corrected chi connectivity index (χ1v) is 11.2. The Morgan fingerprint density at radius 1 is 1.07 bits per heavy atom. The van der Waals surface area contributed by atoms with Gasteiger partial charge in [0.2, 0.25) is 11.8 Å². The van der Waals surface area contributed by atoms with E-state index in [-0.39, 0.29) is 18.2 Å². The van der Waals surface area contributed by atoms with E-state index in [0.717, 1.165) is 40.0 Å². The molecule has 6 heteroatoms. The van der Waals surface area contributed by atoms with E-state index in [2.05, 4.69) is 18.3 Å². The lowest BCUT2D eigenvalue weighted by Gasteiger charge is -2.16. The number of anilines is 1. The Hall–Kier alpha value is -2.60. The monoisotopic (exact) mass is 423 g/mol. The van der Waals surface area contributed by atoms with E-state index in [1.165, 1.54) is 11.8 Å². The van der Waals surface area contributed by atoms with Gasteiger partial charge in [0.25, 0.3) is 0 Å². The van der Waals surface area contributed by atoms with Crippen molar-refractivity contribution in [2.45, 2.75) is 52.7 Å². The fraction of sp³-hybridized carbons (Fsp3) is 0.375. The standard InChI is InChI=1S/C24H29N3O2S/c1-6-13-27-23(29)20(14-21(28)26-22-16(3)10-7-11-17(22)4)30-24(27)25-19-12-8-9-15(2)18(19)5/h7-12,20H,6,13-14H2,1-5H3,(H,26,28)/t20-/m1/s1. The van der Waals surface area contributed by atoms with Crippen molar-refractivity contribution < 1.29 is 9.59 Å². The molecule has 5 nitrogen and oxygen atoms in total. The Kier molecular flexibility index (Phi) is 6.98. The molecule has 158 valence electrons. The van der Waals surface area contributed by atoms with Crippen LogP contribution in [0.15, 0.2) is 41.4 Å². The zero-order chi connectivity index (χ0) is 21.8. The van der Waals surface area contributed by atoms with E-state index < -0.39 is 5.25 Å². The van der Waals surface area contributed by atoms with Crippen molar-refractivity contribution in [3.8, 4) is 0 Å². The molecule has 0 unspecified atom stereocenters. The third-order valence-corrected chi connectivity index (χ3v) is 6.55. The first kappa shape index (κ1) is 22.1. The average Bonchev–Trinajstić information content (AvgIpc) is 2.97. The molecule has 0 spiro atoms. The van der Waals surface area contributed by atoms with Gasteiger partial charge in [-0.3, -0.25) is 14.5 Å². The zero-order valence-corrected chi connectivity index (χ0v) is 19.1. The molecule has 0 radical (unpaired) electrons. The lowest BCUT2D eigenvalue weighted by atomic mass is 10.1. The van der Waals surface area contributed by atoms with Gasteiger partial charge in [0.15, 0.2) is 5.17 Å². The highest BCUT2D eigenvalue weighted by Gasteiger charge is 2.38. The predicted octanol–water partition coefficient (Wildman–Crippen LogP) is 5.29. The number of amidine groups is 1. The Labute approximate surface area is 183 Å². The van der Waals surface area contributed by atoms with Gasteiger partial charge < -0.3 is 5.32 Å². The first-order valence-electron chi connectivity index (χ1n) is 10.3. The fourth-order valence-corrected chi connectivity index (χ4v) is 4.66. The number of rotatable bonds is 6. The van der Waals surface area contributed by atoms with Crippen LogP contribution in [0.4, 0.5) is 11.4 Å². The van der Waals surface area contributed by atoms with Gasteiger partial charge in [0.1, 0.15) is 5.25 Å². The van der Waals surface area contributed by atoms with Crippen LogP contribution in [0.1, 0.15) is 42.0 Å². The minimum absolute atomic E-state index is 0.0393. The number of amides is 2. The molecule has 30 heavy (non-hydrogen) atoms. The molecule has 0 bridgehead atoms. The summed E-state index contributed by atoms with van der Waals surface area (Å²) in [6, 6.07) is 11.9. The van der Waals surface area contributed by atoms with Gasteiger partial charge in [-0.2, -0.15) is 0 Å². The van der Waals surface area contributed by atoms with Gasteiger partial charge in [-0.15, -0.1) is 0 Å². The number of thioether (sulfide) groups is 1. The highest BCUT2D eigenvalue weighted by molar-refractivity contribution is 8.15. The molecule has 3 rings (SSSR count). The summed E-state index contributed by atoms with van der Waals surface area (Å²) in [6.07, 6.45) is 0.961. The topological polar surface area (TPSA) is 61.8 Å². The van der Waals surface area contributed by atoms with Gasteiger partial charge >= 0.3 is 0 Å². The van der Waals surface area contributed by atoms with Gasteiger partial charge in [0.05, 0.1) is 5.69 Å². The van der Waals surface area contributed by atoms with Crippen LogP contribution in [0.3, 0.4) is 0 Å². The van der Waals surface area contributed by atoms with Crippen LogP contribution < -0.4 is 5.32 Å². The summed E-state index contributed by atoms with van der Waals surface area (Å²) in [4.78, 5) is 32.2. The van der Waals surface area contributed by atoms with E-state index in [9.17, 15) is 9.59 Å². The molecule has 0 aromatic heterocycles. The van der Waals surface area contributed by atoms with Gasteiger partial charge in [-0.05, 0) is 62.4 Å². The third-order valence-electron chi connectivity index (χ3n) is 5.38. The number of carbonyl (C=O) groups is 2. The molecule has 1 fully saturated rings. The van der Waals surface area contributed by atoms with Crippen LogP contribution in [-0.4, -0.2) is 33.7 Å².